The number of hydrogen-bond donors (Lipinski definition) is 0. The minimum absolute atomic E-state index is 0.372. The van der Waals surface area contributed by atoms with Gasteiger partial charge in [0.2, 0.25) is 0 Å². The number of esters is 1. The molecule has 0 N–H and O–H groups in total. The molecule has 0 radical (unpaired) electrons. The highest BCUT2D eigenvalue weighted by Crippen LogP contribution is 2.29. The molecule has 0 aromatic heterocycles. The summed E-state index contributed by atoms with van der Waals surface area (Å²) in [7, 11) is 1.32. The number of hydrogen-bond acceptors (Lipinski definition) is 4. The molecule has 0 fully saturated rings. The van der Waals surface area contributed by atoms with Crippen LogP contribution in [0.15, 0.2) is 18.2 Å². The standard InChI is InChI=1S/C14H17NO3/c1-5-18-12-8-10(14(2,3)9-15)6-7-11(12)13(16)17-4/h6-8H,5H2,1-4H3. The maximum atomic E-state index is 11.6. The fourth-order valence-electron chi connectivity index (χ4n) is 1.53. The molecule has 0 aliphatic heterocycles. The molecule has 4 nitrogen and oxygen atoms in total. The molecule has 0 aliphatic rings. The average molecular weight is 247 g/mol. The Morgan fingerprint density at radius 3 is 2.61 bits per heavy atom. The number of nitrogens with zero attached hydrogens (tertiary/aromatic N) is 1. The number of carbonyl (C=O) groups is 1. The highest BCUT2D eigenvalue weighted by Gasteiger charge is 2.23. The van der Waals surface area contributed by atoms with Gasteiger partial charge in [-0.3, -0.25) is 0 Å². The van der Waals surface area contributed by atoms with Crippen LogP contribution in [0, 0.1) is 11.3 Å². The van der Waals surface area contributed by atoms with Gasteiger partial charge in [-0.05, 0) is 38.5 Å². The first-order valence-corrected chi connectivity index (χ1v) is 5.73. The zero-order valence-corrected chi connectivity index (χ0v) is 11.1. The fraction of sp³-hybridized carbons (Fsp3) is 0.429. The zero-order valence-electron chi connectivity index (χ0n) is 11.1. The first-order chi connectivity index (χ1) is 8.46. The lowest BCUT2D eigenvalue weighted by atomic mass is 9.86. The van der Waals surface area contributed by atoms with Gasteiger partial charge in [-0.1, -0.05) is 6.07 Å². The van der Waals surface area contributed by atoms with Crippen LogP contribution in [-0.4, -0.2) is 19.7 Å². The van der Waals surface area contributed by atoms with Crippen molar-refractivity contribution in [2.75, 3.05) is 13.7 Å². The molecule has 96 valence electrons. The van der Waals surface area contributed by atoms with E-state index in [0.717, 1.165) is 5.56 Å². The van der Waals surface area contributed by atoms with Gasteiger partial charge in [-0.25, -0.2) is 4.79 Å². The van der Waals surface area contributed by atoms with Crippen molar-refractivity contribution in [1.29, 1.82) is 5.26 Å². The first kappa shape index (κ1) is 14.0. The Morgan fingerprint density at radius 2 is 2.11 bits per heavy atom. The van der Waals surface area contributed by atoms with Crippen LogP contribution in [0.3, 0.4) is 0 Å². The Kier molecular flexibility index (Phi) is 4.33. The third-order valence-electron chi connectivity index (χ3n) is 2.69. The molecule has 0 atom stereocenters. The Bertz CT molecular complexity index is 486. The number of ether oxygens (including phenoxy) is 2. The Labute approximate surface area is 107 Å². The number of nitriles is 1. The molecule has 1 aromatic carbocycles. The molecule has 0 heterocycles. The van der Waals surface area contributed by atoms with Gasteiger partial charge >= 0.3 is 5.97 Å². The molecule has 1 rings (SSSR count). The molecule has 0 saturated carbocycles. The number of benzene rings is 1. The molecule has 18 heavy (non-hydrogen) atoms. The highest BCUT2D eigenvalue weighted by atomic mass is 16.5. The van der Waals surface area contributed by atoms with Crippen molar-refractivity contribution in [2.45, 2.75) is 26.2 Å². The Morgan fingerprint density at radius 1 is 1.44 bits per heavy atom. The number of carbonyl (C=O) groups excluding carboxylic acids is 1. The van der Waals surface area contributed by atoms with Crippen LogP contribution in [0.2, 0.25) is 0 Å². The molecular formula is C14H17NO3. The zero-order chi connectivity index (χ0) is 13.8. The number of methoxy groups -OCH3 is 1. The Hall–Kier alpha value is -2.02. The van der Waals surface area contributed by atoms with E-state index in [9.17, 15) is 4.79 Å². The molecule has 0 spiro atoms. The van der Waals surface area contributed by atoms with E-state index in [1.54, 1.807) is 18.2 Å². The normalized spacial score (nSPS) is 10.6. The van der Waals surface area contributed by atoms with Gasteiger partial charge in [0.1, 0.15) is 11.3 Å². The molecular weight excluding hydrogens is 230 g/mol. The van der Waals surface area contributed by atoms with Gasteiger partial charge in [0.15, 0.2) is 0 Å². The molecule has 0 saturated heterocycles. The van der Waals surface area contributed by atoms with Crippen LogP contribution in [0.5, 0.6) is 5.75 Å². The van der Waals surface area contributed by atoms with Crippen molar-refractivity contribution in [3.8, 4) is 11.8 Å². The third kappa shape index (κ3) is 2.80. The van der Waals surface area contributed by atoms with Gasteiger partial charge in [0.05, 0.1) is 25.2 Å². The van der Waals surface area contributed by atoms with Crippen LogP contribution in [-0.2, 0) is 10.2 Å². The largest absolute Gasteiger partial charge is 0.493 e. The summed E-state index contributed by atoms with van der Waals surface area (Å²) in [6.45, 7) is 5.91. The molecule has 0 unspecified atom stereocenters. The van der Waals surface area contributed by atoms with E-state index in [1.165, 1.54) is 7.11 Å². The average Bonchev–Trinajstić information content (AvgIpc) is 2.38. The van der Waals surface area contributed by atoms with Gasteiger partial charge in [0.25, 0.3) is 0 Å². The number of rotatable bonds is 4. The lowest BCUT2D eigenvalue weighted by Gasteiger charge is -2.18. The quantitative estimate of drug-likeness (QED) is 0.767. The van der Waals surface area contributed by atoms with E-state index in [0.29, 0.717) is 17.9 Å². The molecule has 1 aromatic rings. The summed E-state index contributed by atoms with van der Waals surface area (Å²) in [5, 5.41) is 9.11. The van der Waals surface area contributed by atoms with E-state index in [4.69, 9.17) is 14.7 Å². The van der Waals surface area contributed by atoms with Gasteiger partial charge < -0.3 is 9.47 Å². The molecule has 0 amide bonds. The maximum Gasteiger partial charge on any atom is 0.341 e. The van der Waals surface area contributed by atoms with Crippen molar-refractivity contribution in [3.63, 3.8) is 0 Å². The van der Waals surface area contributed by atoms with Crippen molar-refractivity contribution in [3.05, 3.63) is 29.3 Å². The predicted molar refractivity (Wildman–Crippen MR) is 67.6 cm³/mol. The SMILES string of the molecule is CCOc1cc(C(C)(C)C#N)ccc1C(=O)OC. The van der Waals surface area contributed by atoms with Crippen LogP contribution >= 0.6 is 0 Å². The lowest BCUT2D eigenvalue weighted by Crippen LogP contribution is -2.15. The monoisotopic (exact) mass is 247 g/mol. The van der Waals surface area contributed by atoms with Crippen LogP contribution in [0.4, 0.5) is 0 Å². The summed E-state index contributed by atoms with van der Waals surface area (Å²) in [6, 6.07) is 7.32. The molecule has 4 heteroatoms. The summed E-state index contributed by atoms with van der Waals surface area (Å²) in [5.74, 6) is 0.00457. The minimum atomic E-state index is -0.625. The van der Waals surface area contributed by atoms with E-state index in [2.05, 4.69) is 6.07 Å². The summed E-state index contributed by atoms with van der Waals surface area (Å²) < 4.78 is 10.1. The van der Waals surface area contributed by atoms with E-state index >= 15 is 0 Å². The van der Waals surface area contributed by atoms with Crippen molar-refractivity contribution in [1.82, 2.24) is 0 Å². The van der Waals surface area contributed by atoms with Gasteiger partial charge in [0, 0.05) is 0 Å². The van der Waals surface area contributed by atoms with E-state index in [-0.39, 0.29) is 0 Å². The van der Waals surface area contributed by atoms with E-state index < -0.39 is 11.4 Å². The van der Waals surface area contributed by atoms with Crippen LogP contribution < -0.4 is 4.74 Å². The smallest absolute Gasteiger partial charge is 0.341 e. The maximum absolute atomic E-state index is 11.6. The third-order valence-corrected chi connectivity index (χ3v) is 2.69. The Balaban J connectivity index is 3.28. The first-order valence-electron chi connectivity index (χ1n) is 5.73. The summed E-state index contributed by atoms with van der Waals surface area (Å²) in [5.41, 5.74) is 0.554. The van der Waals surface area contributed by atoms with Crippen LogP contribution in [0.1, 0.15) is 36.7 Å². The topological polar surface area (TPSA) is 59.3 Å². The second-order valence-corrected chi connectivity index (χ2v) is 4.37. The summed E-state index contributed by atoms with van der Waals surface area (Å²) in [6.07, 6.45) is 0. The van der Waals surface area contributed by atoms with Gasteiger partial charge in [-0.2, -0.15) is 5.26 Å². The molecule has 0 aliphatic carbocycles. The van der Waals surface area contributed by atoms with Crippen LogP contribution in [0.25, 0.3) is 0 Å². The molecule has 0 bridgehead atoms. The van der Waals surface area contributed by atoms with Crippen molar-refractivity contribution < 1.29 is 14.3 Å². The van der Waals surface area contributed by atoms with Crippen molar-refractivity contribution in [2.24, 2.45) is 0 Å². The second kappa shape index (κ2) is 5.54. The summed E-state index contributed by atoms with van der Waals surface area (Å²) >= 11 is 0. The van der Waals surface area contributed by atoms with Gasteiger partial charge in [-0.15, -0.1) is 0 Å². The second-order valence-electron chi connectivity index (χ2n) is 4.37. The van der Waals surface area contributed by atoms with E-state index in [1.807, 2.05) is 20.8 Å². The highest BCUT2D eigenvalue weighted by molar-refractivity contribution is 5.92. The lowest BCUT2D eigenvalue weighted by molar-refractivity contribution is 0.0596. The predicted octanol–water partition coefficient (Wildman–Crippen LogP) is 2.67. The van der Waals surface area contributed by atoms with Crippen molar-refractivity contribution >= 4 is 5.97 Å². The minimum Gasteiger partial charge on any atom is -0.493 e. The summed E-state index contributed by atoms with van der Waals surface area (Å²) in [4.78, 5) is 11.6. The fourth-order valence-corrected chi connectivity index (χ4v) is 1.53.